The van der Waals surface area contributed by atoms with E-state index in [4.69, 9.17) is 10.5 Å². The first-order valence-corrected chi connectivity index (χ1v) is 9.67. The van der Waals surface area contributed by atoms with Crippen molar-refractivity contribution >= 4 is 28.5 Å². The Balaban J connectivity index is 1.79. The molecular weight excluding hydrogens is 358 g/mol. The van der Waals surface area contributed by atoms with E-state index >= 15 is 0 Å². The van der Waals surface area contributed by atoms with Crippen LogP contribution < -0.4 is 15.8 Å². The summed E-state index contributed by atoms with van der Waals surface area (Å²) in [5.74, 6) is -0.438. The molecule has 1 aliphatic carbocycles. The van der Waals surface area contributed by atoms with Gasteiger partial charge in [-0.25, -0.2) is 4.79 Å². The lowest BCUT2D eigenvalue weighted by molar-refractivity contribution is -0.126. The number of carboxylic acids is 1. The predicted molar refractivity (Wildman–Crippen MR) is 108 cm³/mol. The number of anilines is 1. The van der Waals surface area contributed by atoms with E-state index in [1.807, 2.05) is 19.9 Å². The summed E-state index contributed by atoms with van der Waals surface area (Å²) in [5.41, 5.74) is 7.36. The summed E-state index contributed by atoms with van der Waals surface area (Å²) in [7, 11) is 0. The molecule has 1 heterocycles. The second kappa shape index (κ2) is 8.04. The maximum atomic E-state index is 12.2. The summed E-state index contributed by atoms with van der Waals surface area (Å²) in [5, 5.41) is 13.0. The summed E-state index contributed by atoms with van der Waals surface area (Å²) in [6, 6.07) is 5.55. The van der Waals surface area contributed by atoms with E-state index in [1.54, 1.807) is 19.1 Å². The fraction of sp³-hybridized carbons (Fsp3) is 0.476. The van der Waals surface area contributed by atoms with Crippen molar-refractivity contribution in [3.05, 3.63) is 29.5 Å². The second-order valence-electron chi connectivity index (χ2n) is 7.70. The van der Waals surface area contributed by atoms with Gasteiger partial charge in [0.15, 0.2) is 0 Å². The highest BCUT2D eigenvalue weighted by Crippen LogP contribution is 2.36. The molecule has 0 radical (unpaired) electrons. The number of aromatic carboxylic acids is 1. The quantitative estimate of drug-likeness (QED) is 0.728. The average molecular weight is 385 g/mol. The van der Waals surface area contributed by atoms with Gasteiger partial charge in [-0.05, 0) is 58.6 Å². The predicted octanol–water partition coefficient (Wildman–Crippen LogP) is 3.29. The summed E-state index contributed by atoms with van der Waals surface area (Å²) >= 11 is 0. The molecule has 28 heavy (non-hydrogen) atoms. The van der Waals surface area contributed by atoms with E-state index in [0.29, 0.717) is 22.3 Å². The van der Waals surface area contributed by atoms with Crippen LogP contribution in [-0.2, 0) is 4.79 Å². The third kappa shape index (κ3) is 4.03. The molecule has 7 heteroatoms. The van der Waals surface area contributed by atoms with E-state index in [1.165, 1.54) is 0 Å². The Morgan fingerprint density at radius 3 is 2.54 bits per heavy atom. The van der Waals surface area contributed by atoms with Crippen molar-refractivity contribution in [2.75, 3.05) is 5.73 Å². The summed E-state index contributed by atoms with van der Waals surface area (Å²) in [4.78, 5) is 28.1. The van der Waals surface area contributed by atoms with Crippen LogP contribution >= 0.6 is 0 Å². The first kappa shape index (κ1) is 19.9. The van der Waals surface area contributed by atoms with E-state index in [0.717, 1.165) is 25.7 Å². The van der Waals surface area contributed by atoms with Crippen LogP contribution in [0.1, 0.15) is 55.6 Å². The maximum absolute atomic E-state index is 12.2. The number of carboxylic acid groups (broad SMARTS) is 1. The van der Waals surface area contributed by atoms with Crippen LogP contribution in [0.4, 0.5) is 5.69 Å². The number of carbonyl (C=O) groups is 2. The molecule has 1 aromatic carbocycles. The minimum Gasteiger partial charge on any atom is -0.490 e. The standard InChI is InChI=1S/C21H27N3O4/c1-11(2)23-20(25)13-7-9-14(10-8-13)28-16-6-4-5-15-18(16)19(22)17(21(26)27)12(3)24-15/h4-6,11,13-14H,7-10H2,1-3H3,(H2,22,24)(H,23,25)(H,26,27). The zero-order chi connectivity index (χ0) is 20.4. The molecule has 0 unspecified atom stereocenters. The first-order chi connectivity index (χ1) is 13.3. The van der Waals surface area contributed by atoms with Crippen molar-refractivity contribution in [3.63, 3.8) is 0 Å². The van der Waals surface area contributed by atoms with E-state index < -0.39 is 5.97 Å². The number of benzene rings is 1. The second-order valence-corrected chi connectivity index (χ2v) is 7.70. The van der Waals surface area contributed by atoms with Gasteiger partial charge in [0.25, 0.3) is 0 Å². The van der Waals surface area contributed by atoms with Gasteiger partial charge in [0.2, 0.25) is 5.91 Å². The van der Waals surface area contributed by atoms with E-state index in [9.17, 15) is 14.7 Å². The number of carbonyl (C=O) groups excluding carboxylic acids is 1. The number of fused-ring (bicyclic) bond motifs is 1. The molecule has 150 valence electrons. The molecule has 1 aromatic heterocycles. The number of ether oxygens (including phenoxy) is 1. The number of amides is 1. The number of aryl methyl sites for hydroxylation is 1. The SMILES string of the molecule is Cc1nc2cccc(OC3CCC(C(=O)NC(C)C)CC3)c2c(N)c1C(=O)O. The van der Waals surface area contributed by atoms with Gasteiger partial charge in [-0.15, -0.1) is 0 Å². The third-order valence-corrected chi connectivity index (χ3v) is 5.18. The molecular formula is C21H27N3O4. The van der Waals surface area contributed by atoms with Gasteiger partial charge in [0.05, 0.1) is 28.4 Å². The van der Waals surface area contributed by atoms with Crippen molar-refractivity contribution in [2.45, 2.75) is 58.6 Å². The largest absolute Gasteiger partial charge is 0.490 e. The average Bonchev–Trinajstić information content (AvgIpc) is 2.61. The van der Waals surface area contributed by atoms with Crippen molar-refractivity contribution in [1.82, 2.24) is 10.3 Å². The van der Waals surface area contributed by atoms with Crippen LogP contribution in [0.25, 0.3) is 10.9 Å². The molecule has 0 aliphatic heterocycles. The molecule has 7 nitrogen and oxygen atoms in total. The van der Waals surface area contributed by atoms with E-state index in [-0.39, 0.29) is 35.2 Å². The van der Waals surface area contributed by atoms with Crippen LogP contribution in [-0.4, -0.2) is 34.1 Å². The molecule has 0 spiro atoms. The summed E-state index contributed by atoms with van der Waals surface area (Å²) in [6.07, 6.45) is 3.01. The van der Waals surface area contributed by atoms with Crippen LogP contribution in [0.2, 0.25) is 0 Å². The number of rotatable bonds is 5. The van der Waals surface area contributed by atoms with E-state index in [2.05, 4.69) is 10.3 Å². The molecule has 0 saturated heterocycles. The number of hydrogen-bond donors (Lipinski definition) is 3. The lowest BCUT2D eigenvalue weighted by atomic mass is 9.86. The van der Waals surface area contributed by atoms with Crippen molar-refractivity contribution in [2.24, 2.45) is 5.92 Å². The molecule has 1 saturated carbocycles. The zero-order valence-corrected chi connectivity index (χ0v) is 16.5. The number of nitrogens with zero attached hydrogens (tertiary/aromatic N) is 1. The van der Waals surface area contributed by atoms with Gasteiger partial charge in [-0.2, -0.15) is 0 Å². The highest BCUT2D eigenvalue weighted by atomic mass is 16.5. The number of nitrogens with one attached hydrogen (secondary N) is 1. The van der Waals surface area contributed by atoms with Crippen LogP contribution in [0, 0.1) is 12.8 Å². The Labute approximate surface area is 164 Å². The fourth-order valence-electron chi connectivity index (χ4n) is 3.83. The Kier molecular flexibility index (Phi) is 5.72. The van der Waals surface area contributed by atoms with Gasteiger partial charge in [-0.3, -0.25) is 9.78 Å². The van der Waals surface area contributed by atoms with Gasteiger partial charge < -0.3 is 20.9 Å². The molecule has 0 bridgehead atoms. The molecule has 3 rings (SSSR count). The molecule has 1 amide bonds. The minimum absolute atomic E-state index is 0.0117. The summed E-state index contributed by atoms with van der Waals surface area (Å²) in [6.45, 7) is 5.55. The number of nitrogen functional groups attached to an aromatic ring is 1. The topological polar surface area (TPSA) is 115 Å². The number of hydrogen-bond acceptors (Lipinski definition) is 5. The molecule has 1 fully saturated rings. The number of pyridine rings is 1. The number of aromatic nitrogens is 1. The maximum Gasteiger partial charge on any atom is 0.339 e. The van der Waals surface area contributed by atoms with Crippen molar-refractivity contribution < 1.29 is 19.4 Å². The van der Waals surface area contributed by atoms with Gasteiger partial charge in [-0.1, -0.05) is 6.07 Å². The monoisotopic (exact) mass is 385 g/mol. The van der Waals surface area contributed by atoms with Crippen LogP contribution in [0.3, 0.4) is 0 Å². The molecule has 2 aromatic rings. The van der Waals surface area contributed by atoms with Crippen LogP contribution in [0.5, 0.6) is 5.75 Å². The Morgan fingerprint density at radius 2 is 1.93 bits per heavy atom. The van der Waals surface area contributed by atoms with Crippen molar-refractivity contribution in [3.8, 4) is 5.75 Å². The number of nitrogens with two attached hydrogens (primary N) is 1. The van der Waals surface area contributed by atoms with Gasteiger partial charge in [0.1, 0.15) is 11.3 Å². The first-order valence-electron chi connectivity index (χ1n) is 9.67. The van der Waals surface area contributed by atoms with Gasteiger partial charge in [0, 0.05) is 12.0 Å². The van der Waals surface area contributed by atoms with Crippen molar-refractivity contribution in [1.29, 1.82) is 0 Å². The highest BCUT2D eigenvalue weighted by Gasteiger charge is 2.28. The Bertz CT molecular complexity index is 902. The lowest BCUT2D eigenvalue weighted by Crippen LogP contribution is -2.38. The zero-order valence-electron chi connectivity index (χ0n) is 16.5. The fourth-order valence-corrected chi connectivity index (χ4v) is 3.83. The molecule has 0 atom stereocenters. The Hall–Kier alpha value is -2.83. The lowest BCUT2D eigenvalue weighted by Gasteiger charge is -2.29. The van der Waals surface area contributed by atoms with Crippen LogP contribution in [0.15, 0.2) is 18.2 Å². The molecule has 1 aliphatic rings. The highest BCUT2D eigenvalue weighted by molar-refractivity contribution is 6.06. The minimum atomic E-state index is -1.10. The third-order valence-electron chi connectivity index (χ3n) is 5.18. The Morgan fingerprint density at radius 1 is 1.25 bits per heavy atom. The summed E-state index contributed by atoms with van der Waals surface area (Å²) < 4.78 is 6.19. The smallest absolute Gasteiger partial charge is 0.339 e. The molecule has 4 N–H and O–H groups in total. The van der Waals surface area contributed by atoms with Gasteiger partial charge >= 0.3 is 5.97 Å². The normalized spacial score (nSPS) is 19.6.